The van der Waals surface area contributed by atoms with E-state index in [1.165, 1.54) is 4.90 Å². The van der Waals surface area contributed by atoms with Crippen LogP contribution >= 0.6 is 0 Å². The number of nitrogens with zero attached hydrogens (tertiary/aromatic N) is 2. The highest BCUT2D eigenvalue weighted by Gasteiger charge is 2.41. The smallest absolute Gasteiger partial charge is 0.410 e. The molecule has 0 N–H and O–H groups in total. The fraction of sp³-hybridized carbons (Fsp3) is 0.857. The fourth-order valence-corrected chi connectivity index (χ4v) is 3.50. The molecule has 1 heterocycles. The van der Waals surface area contributed by atoms with Crippen LogP contribution in [-0.2, 0) is 14.6 Å². The van der Waals surface area contributed by atoms with Crippen LogP contribution in [0.1, 0.15) is 40.5 Å². The van der Waals surface area contributed by atoms with Crippen LogP contribution in [0.5, 0.6) is 0 Å². The molecule has 1 aliphatic rings. The van der Waals surface area contributed by atoms with Crippen molar-refractivity contribution in [2.24, 2.45) is 5.92 Å². The quantitative estimate of drug-likeness (QED) is 0.777. The summed E-state index contributed by atoms with van der Waals surface area (Å²) in [7, 11) is -3.56. The van der Waals surface area contributed by atoms with Crippen molar-refractivity contribution in [1.82, 2.24) is 4.90 Å². The summed E-state index contributed by atoms with van der Waals surface area (Å²) in [4.78, 5) is 13.7. The molecule has 7 heteroatoms. The zero-order chi connectivity index (χ0) is 16.4. The number of rotatable bonds is 2. The highest BCUT2D eigenvalue weighted by atomic mass is 32.2. The van der Waals surface area contributed by atoms with E-state index in [4.69, 9.17) is 4.74 Å². The predicted molar refractivity (Wildman–Crippen MR) is 79.4 cm³/mol. The first kappa shape index (κ1) is 17.8. The van der Waals surface area contributed by atoms with E-state index in [1.54, 1.807) is 20.8 Å². The monoisotopic (exact) mass is 316 g/mol. The molecular weight excluding hydrogens is 292 g/mol. The van der Waals surface area contributed by atoms with Gasteiger partial charge in [0.1, 0.15) is 5.60 Å². The van der Waals surface area contributed by atoms with Crippen LogP contribution < -0.4 is 0 Å². The van der Waals surface area contributed by atoms with E-state index in [-0.39, 0.29) is 5.92 Å². The molecule has 3 atom stereocenters. The molecule has 0 aromatic rings. The molecule has 3 unspecified atom stereocenters. The van der Waals surface area contributed by atoms with Gasteiger partial charge in [-0.3, -0.25) is 0 Å². The summed E-state index contributed by atoms with van der Waals surface area (Å²) in [6.07, 6.45) is 1.75. The van der Waals surface area contributed by atoms with Crippen molar-refractivity contribution in [3.63, 3.8) is 0 Å². The minimum Gasteiger partial charge on any atom is -0.444 e. The Labute approximate surface area is 127 Å². The maximum absolute atomic E-state index is 12.3. The van der Waals surface area contributed by atoms with Gasteiger partial charge in [0.05, 0.1) is 12.1 Å². The molecule has 0 aromatic carbocycles. The third-order valence-corrected chi connectivity index (χ3v) is 4.82. The lowest BCUT2D eigenvalue weighted by molar-refractivity contribution is 0.00665. The first-order chi connectivity index (χ1) is 9.45. The number of amides is 1. The Morgan fingerprint density at radius 2 is 2.00 bits per heavy atom. The maximum atomic E-state index is 12.3. The Balaban J connectivity index is 3.05. The molecule has 21 heavy (non-hydrogen) atoms. The highest BCUT2D eigenvalue weighted by Crippen LogP contribution is 2.28. The fourth-order valence-electron chi connectivity index (χ4n) is 2.48. The molecule has 120 valence electrons. The Morgan fingerprint density at radius 3 is 2.43 bits per heavy atom. The highest BCUT2D eigenvalue weighted by molar-refractivity contribution is 7.91. The number of sulfone groups is 1. The first-order valence-electron chi connectivity index (χ1n) is 7.04. The second-order valence-corrected chi connectivity index (χ2v) is 8.92. The lowest BCUT2D eigenvalue weighted by Crippen LogP contribution is -2.54. The van der Waals surface area contributed by atoms with Gasteiger partial charge in [0, 0.05) is 12.8 Å². The summed E-state index contributed by atoms with van der Waals surface area (Å²) in [5.41, 5.74) is -0.655. The van der Waals surface area contributed by atoms with Gasteiger partial charge >= 0.3 is 6.09 Å². The molecular formula is C14H24N2O4S. The Morgan fingerprint density at radius 1 is 1.43 bits per heavy atom. The van der Waals surface area contributed by atoms with E-state index in [2.05, 4.69) is 0 Å². The third kappa shape index (κ3) is 4.88. The van der Waals surface area contributed by atoms with Crippen LogP contribution in [0.2, 0.25) is 0 Å². The predicted octanol–water partition coefficient (Wildman–Crippen LogP) is 1.96. The van der Waals surface area contributed by atoms with Crippen molar-refractivity contribution in [3.05, 3.63) is 0 Å². The number of carbonyl (C=O) groups excluding carboxylic acids is 1. The number of nitriles is 1. The molecule has 0 aromatic heterocycles. The van der Waals surface area contributed by atoms with E-state index >= 15 is 0 Å². The van der Waals surface area contributed by atoms with Gasteiger partial charge in [-0.05, 0) is 39.5 Å². The standard InChI is InChI=1S/C14H24N2O4S/c1-10-6-7-16(13(17)20-14(2,3)4)11(8-10)12(9-15)21(5,18)19/h10-12H,6-8H2,1-5H3. The molecule has 0 radical (unpaired) electrons. The molecule has 0 aliphatic carbocycles. The molecule has 0 bridgehead atoms. The third-order valence-electron chi connectivity index (χ3n) is 3.47. The number of hydrogen-bond donors (Lipinski definition) is 0. The van der Waals surface area contributed by atoms with Gasteiger partial charge in [-0.15, -0.1) is 0 Å². The van der Waals surface area contributed by atoms with Crippen LogP contribution in [0.4, 0.5) is 4.79 Å². The van der Waals surface area contributed by atoms with E-state index in [0.717, 1.165) is 12.7 Å². The second kappa shape index (κ2) is 6.22. The Hall–Kier alpha value is -1.29. The zero-order valence-corrected chi connectivity index (χ0v) is 14.1. The number of hydrogen-bond acceptors (Lipinski definition) is 5. The average molecular weight is 316 g/mol. The van der Waals surface area contributed by atoms with E-state index in [0.29, 0.717) is 13.0 Å². The zero-order valence-electron chi connectivity index (χ0n) is 13.3. The SMILES string of the molecule is CC1CCN(C(=O)OC(C)(C)C)C(C(C#N)S(C)(=O)=O)C1. The summed E-state index contributed by atoms with van der Waals surface area (Å²) >= 11 is 0. The molecule has 1 saturated heterocycles. The average Bonchev–Trinajstić information content (AvgIpc) is 2.25. The summed E-state index contributed by atoms with van der Waals surface area (Å²) in [5, 5.41) is 8.01. The molecule has 0 spiro atoms. The van der Waals surface area contributed by atoms with Gasteiger partial charge in [-0.2, -0.15) is 5.26 Å². The lowest BCUT2D eigenvalue weighted by Gasteiger charge is -2.40. The molecule has 6 nitrogen and oxygen atoms in total. The van der Waals surface area contributed by atoms with Crippen molar-refractivity contribution < 1.29 is 17.9 Å². The van der Waals surface area contributed by atoms with Crippen LogP contribution in [0.15, 0.2) is 0 Å². The van der Waals surface area contributed by atoms with Crippen molar-refractivity contribution in [1.29, 1.82) is 5.26 Å². The molecule has 1 amide bonds. The van der Waals surface area contributed by atoms with Crippen molar-refractivity contribution in [2.75, 3.05) is 12.8 Å². The second-order valence-electron chi connectivity index (χ2n) is 6.75. The molecule has 0 saturated carbocycles. The number of piperidine rings is 1. The van der Waals surface area contributed by atoms with Crippen molar-refractivity contribution in [3.8, 4) is 6.07 Å². The minimum atomic E-state index is -3.56. The van der Waals surface area contributed by atoms with E-state index in [9.17, 15) is 18.5 Å². The Bertz CT molecular complexity index is 530. The van der Waals surface area contributed by atoms with E-state index in [1.807, 2.05) is 13.0 Å². The molecule has 1 aliphatic heterocycles. The minimum absolute atomic E-state index is 0.270. The van der Waals surface area contributed by atoms with Gasteiger partial charge in [-0.1, -0.05) is 6.92 Å². The number of ether oxygens (including phenoxy) is 1. The Kier molecular flexibility index (Phi) is 5.26. The van der Waals surface area contributed by atoms with Gasteiger partial charge in [0.2, 0.25) is 0 Å². The summed E-state index contributed by atoms with van der Waals surface area (Å²) in [6, 6.07) is 1.19. The molecule has 1 rings (SSSR count). The van der Waals surface area contributed by atoms with Crippen molar-refractivity contribution in [2.45, 2.75) is 57.4 Å². The lowest BCUT2D eigenvalue weighted by atomic mass is 9.91. The summed E-state index contributed by atoms with van der Waals surface area (Å²) in [5.74, 6) is 0.270. The van der Waals surface area contributed by atoms with Crippen LogP contribution in [0, 0.1) is 17.2 Å². The number of likely N-dealkylation sites (tertiary alicyclic amines) is 1. The van der Waals surface area contributed by atoms with E-state index < -0.39 is 32.8 Å². The van der Waals surface area contributed by atoms with Gasteiger partial charge in [0.15, 0.2) is 15.1 Å². The summed E-state index contributed by atoms with van der Waals surface area (Å²) < 4.78 is 29.0. The van der Waals surface area contributed by atoms with Crippen molar-refractivity contribution >= 4 is 15.9 Å². The first-order valence-corrected chi connectivity index (χ1v) is 8.99. The summed E-state index contributed by atoms with van der Waals surface area (Å²) in [6.45, 7) is 7.67. The van der Waals surface area contributed by atoms with Crippen LogP contribution in [0.3, 0.4) is 0 Å². The van der Waals surface area contributed by atoms with Gasteiger partial charge < -0.3 is 9.64 Å². The van der Waals surface area contributed by atoms with Gasteiger partial charge in [-0.25, -0.2) is 13.2 Å². The largest absolute Gasteiger partial charge is 0.444 e. The topological polar surface area (TPSA) is 87.5 Å². The normalized spacial score (nSPS) is 25.0. The maximum Gasteiger partial charge on any atom is 0.410 e. The number of carbonyl (C=O) groups is 1. The van der Waals surface area contributed by atoms with Crippen LogP contribution in [0.25, 0.3) is 0 Å². The van der Waals surface area contributed by atoms with Gasteiger partial charge in [0.25, 0.3) is 0 Å². The van der Waals surface area contributed by atoms with Crippen LogP contribution in [-0.4, -0.2) is 49.1 Å². The molecule has 1 fully saturated rings.